The molecule has 0 aliphatic rings. The lowest BCUT2D eigenvalue weighted by Crippen LogP contribution is -1.95. The number of hydrogen-bond donors (Lipinski definition) is 1. The van der Waals surface area contributed by atoms with Crippen LogP contribution in [-0.2, 0) is 0 Å². The van der Waals surface area contributed by atoms with Crippen molar-refractivity contribution in [2.75, 3.05) is 5.73 Å². The lowest BCUT2D eigenvalue weighted by atomic mass is 10.0. The van der Waals surface area contributed by atoms with Crippen LogP contribution in [0, 0.1) is 13.8 Å². The predicted molar refractivity (Wildman–Crippen MR) is 71.3 cm³/mol. The van der Waals surface area contributed by atoms with Crippen LogP contribution in [-0.4, -0.2) is 10.1 Å². The molecule has 5 nitrogen and oxygen atoms in total. The summed E-state index contributed by atoms with van der Waals surface area (Å²) < 4.78 is 10.5. The summed E-state index contributed by atoms with van der Waals surface area (Å²) in [5, 5.41) is 3.90. The van der Waals surface area contributed by atoms with Gasteiger partial charge in [-0.1, -0.05) is 11.2 Å². The highest BCUT2D eigenvalue weighted by Crippen LogP contribution is 2.30. The van der Waals surface area contributed by atoms with Crippen molar-refractivity contribution < 1.29 is 8.94 Å². The Labute approximate surface area is 110 Å². The topological polar surface area (TPSA) is 78.1 Å². The second-order valence-electron chi connectivity index (χ2n) is 4.44. The van der Waals surface area contributed by atoms with E-state index < -0.39 is 0 Å². The molecule has 5 heteroatoms. The fraction of sp³-hybridized carbons (Fsp3) is 0.143. The normalized spacial score (nSPS) is 10.8. The summed E-state index contributed by atoms with van der Waals surface area (Å²) in [6, 6.07) is 7.50. The van der Waals surface area contributed by atoms with E-state index in [-0.39, 0.29) is 0 Å². The number of aryl methyl sites for hydroxylation is 2. The van der Waals surface area contributed by atoms with Gasteiger partial charge in [0.25, 0.3) is 5.89 Å². The molecule has 0 amide bonds. The van der Waals surface area contributed by atoms with Crippen LogP contribution in [0.1, 0.15) is 11.1 Å². The van der Waals surface area contributed by atoms with Crippen molar-refractivity contribution in [2.24, 2.45) is 0 Å². The number of aromatic nitrogens is 2. The van der Waals surface area contributed by atoms with E-state index in [4.69, 9.17) is 14.7 Å². The van der Waals surface area contributed by atoms with E-state index in [2.05, 4.69) is 10.1 Å². The summed E-state index contributed by atoms with van der Waals surface area (Å²) in [6.07, 6.45) is 1.57. The van der Waals surface area contributed by atoms with Crippen LogP contribution in [0.5, 0.6) is 0 Å². The number of rotatable bonds is 2. The lowest BCUT2D eigenvalue weighted by Gasteiger charge is -2.06. The monoisotopic (exact) mass is 255 g/mol. The Morgan fingerprint density at radius 1 is 1.21 bits per heavy atom. The average Bonchev–Trinajstić information content (AvgIpc) is 3.03. The second-order valence-corrected chi connectivity index (χ2v) is 4.44. The molecule has 2 N–H and O–H groups in total. The van der Waals surface area contributed by atoms with Crippen LogP contribution in [0.25, 0.3) is 23.0 Å². The molecular weight excluding hydrogens is 242 g/mol. The first-order valence-corrected chi connectivity index (χ1v) is 5.90. The summed E-state index contributed by atoms with van der Waals surface area (Å²) in [7, 11) is 0. The van der Waals surface area contributed by atoms with E-state index in [9.17, 15) is 0 Å². The summed E-state index contributed by atoms with van der Waals surface area (Å²) in [5.41, 5.74) is 9.56. The molecule has 3 rings (SSSR count). The number of nitrogens with two attached hydrogens (primary N) is 1. The van der Waals surface area contributed by atoms with E-state index in [1.807, 2.05) is 26.0 Å². The van der Waals surface area contributed by atoms with Gasteiger partial charge in [-0.3, -0.25) is 0 Å². The predicted octanol–water partition coefficient (Wildman–Crippen LogP) is 3.20. The Balaban J connectivity index is 2.09. The second kappa shape index (κ2) is 4.28. The molecule has 0 spiro atoms. The first-order valence-electron chi connectivity index (χ1n) is 5.90. The van der Waals surface area contributed by atoms with Gasteiger partial charge in [0.15, 0.2) is 5.76 Å². The number of benzene rings is 1. The molecule has 96 valence electrons. The van der Waals surface area contributed by atoms with Crippen LogP contribution in [0.3, 0.4) is 0 Å². The molecule has 2 heterocycles. The summed E-state index contributed by atoms with van der Waals surface area (Å²) in [5.74, 6) is 1.38. The van der Waals surface area contributed by atoms with Gasteiger partial charge in [0.1, 0.15) is 0 Å². The molecule has 0 fully saturated rings. The number of nitrogen functional groups attached to an aromatic ring is 1. The molecule has 2 aromatic heterocycles. The molecular formula is C14H13N3O2. The van der Waals surface area contributed by atoms with Crippen molar-refractivity contribution in [1.82, 2.24) is 10.1 Å². The molecule has 0 unspecified atom stereocenters. The maximum atomic E-state index is 6.06. The first kappa shape index (κ1) is 11.5. The highest BCUT2D eigenvalue weighted by atomic mass is 16.5. The maximum absolute atomic E-state index is 6.06. The molecule has 0 saturated carbocycles. The number of nitrogens with zero attached hydrogens (tertiary/aromatic N) is 2. The largest absolute Gasteiger partial charge is 0.461 e. The van der Waals surface area contributed by atoms with Gasteiger partial charge in [0.05, 0.1) is 11.8 Å². The zero-order valence-electron chi connectivity index (χ0n) is 10.7. The Hall–Kier alpha value is -2.56. The Morgan fingerprint density at radius 3 is 2.79 bits per heavy atom. The van der Waals surface area contributed by atoms with Crippen molar-refractivity contribution in [3.63, 3.8) is 0 Å². The minimum Gasteiger partial charge on any atom is -0.461 e. The van der Waals surface area contributed by atoms with E-state index in [1.54, 1.807) is 18.4 Å². The molecule has 3 aromatic rings. The number of furan rings is 1. The summed E-state index contributed by atoms with van der Waals surface area (Å²) in [6.45, 7) is 3.95. The zero-order chi connectivity index (χ0) is 13.4. The van der Waals surface area contributed by atoms with Crippen LogP contribution >= 0.6 is 0 Å². The van der Waals surface area contributed by atoms with Gasteiger partial charge >= 0.3 is 0 Å². The van der Waals surface area contributed by atoms with Gasteiger partial charge in [-0.25, -0.2) is 0 Å². The lowest BCUT2D eigenvalue weighted by molar-refractivity contribution is 0.429. The minimum atomic E-state index is 0.399. The minimum absolute atomic E-state index is 0.399. The van der Waals surface area contributed by atoms with Crippen LogP contribution < -0.4 is 5.73 Å². The highest BCUT2D eigenvalue weighted by molar-refractivity contribution is 5.74. The highest BCUT2D eigenvalue weighted by Gasteiger charge is 2.15. The van der Waals surface area contributed by atoms with Crippen molar-refractivity contribution in [3.05, 3.63) is 41.7 Å². The Bertz CT molecular complexity index is 714. The third kappa shape index (κ3) is 1.99. The SMILES string of the molecule is Cc1cc(C)c(N)c(-c2nc(-c3ccco3)no2)c1. The third-order valence-corrected chi connectivity index (χ3v) is 2.93. The summed E-state index contributed by atoms with van der Waals surface area (Å²) >= 11 is 0. The van der Waals surface area contributed by atoms with Gasteiger partial charge in [-0.15, -0.1) is 0 Å². The van der Waals surface area contributed by atoms with Gasteiger partial charge < -0.3 is 14.7 Å². The van der Waals surface area contributed by atoms with Crippen LogP contribution in [0.15, 0.2) is 39.5 Å². The number of hydrogen-bond acceptors (Lipinski definition) is 5. The van der Waals surface area contributed by atoms with Crippen molar-refractivity contribution >= 4 is 5.69 Å². The molecule has 0 aliphatic carbocycles. The van der Waals surface area contributed by atoms with Crippen LogP contribution in [0.2, 0.25) is 0 Å². The molecule has 0 aliphatic heterocycles. The quantitative estimate of drug-likeness (QED) is 0.711. The average molecular weight is 255 g/mol. The molecule has 0 saturated heterocycles. The molecule has 0 radical (unpaired) electrons. The molecule has 0 atom stereocenters. The maximum Gasteiger partial charge on any atom is 0.260 e. The van der Waals surface area contributed by atoms with Gasteiger partial charge in [-0.05, 0) is 43.2 Å². The zero-order valence-corrected chi connectivity index (χ0v) is 10.7. The fourth-order valence-electron chi connectivity index (χ4n) is 1.99. The number of anilines is 1. The van der Waals surface area contributed by atoms with Crippen molar-refractivity contribution in [3.8, 4) is 23.0 Å². The standard InChI is InChI=1S/C14H13N3O2/c1-8-6-9(2)12(15)10(7-8)14-16-13(17-19-14)11-4-3-5-18-11/h3-7H,15H2,1-2H3. The third-order valence-electron chi connectivity index (χ3n) is 2.93. The van der Waals surface area contributed by atoms with E-state index in [0.717, 1.165) is 16.7 Å². The van der Waals surface area contributed by atoms with Gasteiger partial charge in [-0.2, -0.15) is 4.98 Å². The van der Waals surface area contributed by atoms with Crippen molar-refractivity contribution in [1.29, 1.82) is 0 Å². The Kier molecular flexibility index (Phi) is 2.59. The smallest absolute Gasteiger partial charge is 0.260 e. The first-order chi connectivity index (χ1) is 9.15. The summed E-state index contributed by atoms with van der Waals surface area (Å²) in [4.78, 5) is 4.31. The van der Waals surface area contributed by atoms with E-state index in [0.29, 0.717) is 23.2 Å². The van der Waals surface area contributed by atoms with Gasteiger partial charge in [0.2, 0.25) is 5.82 Å². The fourth-order valence-corrected chi connectivity index (χ4v) is 1.99. The van der Waals surface area contributed by atoms with Crippen molar-refractivity contribution in [2.45, 2.75) is 13.8 Å². The Morgan fingerprint density at radius 2 is 2.05 bits per heavy atom. The van der Waals surface area contributed by atoms with E-state index in [1.165, 1.54) is 0 Å². The molecule has 1 aromatic carbocycles. The van der Waals surface area contributed by atoms with Gasteiger partial charge in [0, 0.05) is 5.69 Å². The van der Waals surface area contributed by atoms with Crippen LogP contribution in [0.4, 0.5) is 5.69 Å². The molecule has 19 heavy (non-hydrogen) atoms. The molecule has 0 bridgehead atoms. The van der Waals surface area contributed by atoms with E-state index >= 15 is 0 Å².